The van der Waals surface area contributed by atoms with Crippen LogP contribution in [0.15, 0.2) is 176 Å². The largest absolute Gasteiger partial charge is 0.309 e. The maximum absolute atomic E-state index is 5.20. The molecule has 3 heterocycles. The molecule has 244 valence electrons. The highest BCUT2D eigenvalue weighted by atomic mass is 32.1. The normalized spacial score (nSPS) is 11.5. The standard InChI is InChI=1S/C46H29N5S/c1-4-14-30(15-5-1)33-24-26-36-35-20-10-12-22-39(35)51(41(36)29-33)40-27-25-34(28-37(40)46-47-38-21-11-13-23-42(38)52-46)45-49-43(31-16-6-2-7-17-31)48-44(50-45)32-18-8-3-9-19-32/h1-29H. The van der Waals surface area contributed by atoms with Gasteiger partial charge in [0.05, 0.1) is 26.9 Å². The van der Waals surface area contributed by atoms with E-state index in [-0.39, 0.29) is 0 Å². The number of aromatic nitrogens is 5. The van der Waals surface area contributed by atoms with Crippen LogP contribution in [0.4, 0.5) is 0 Å². The predicted molar refractivity (Wildman–Crippen MR) is 215 cm³/mol. The van der Waals surface area contributed by atoms with Gasteiger partial charge in [-0.3, -0.25) is 0 Å². The summed E-state index contributed by atoms with van der Waals surface area (Å²) in [7, 11) is 0. The van der Waals surface area contributed by atoms with Crippen LogP contribution in [0.5, 0.6) is 0 Å². The number of hydrogen-bond donors (Lipinski definition) is 0. The van der Waals surface area contributed by atoms with Crippen molar-refractivity contribution in [2.24, 2.45) is 0 Å². The molecule has 0 saturated carbocycles. The number of para-hydroxylation sites is 2. The van der Waals surface area contributed by atoms with E-state index in [1.54, 1.807) is 11.3 Å². The Kier molecular flexibility index (Phi) is 7.25. The van der Waals surface area contributed by atoms with Crippen LogP contribution < -0.4 is 0 Å². The summed E-state index contributed by atoms with van der Waals surface area (Å²) in [6.07, 6.45) is 0. The molecule has 0 atom stereocenters. The van der Waals surface area contributed by atoms with Crippen LogP contribution in [0.3, 0.4) is 0 Å². The van der Waals surface area contributed by atoms with E-state index in [0.29, 0.717) is 17.5 Å². The summed E-state index contributed by atoms with van der Waals surface area (Å²) in [5.74, 6) is 1.87. The lowest BCUT2D eigenvalue weighted by molar-refractivity contribution is 1.07. The summed E-state index contributed by atoms with van der Waals surface area (Å²) in [4.78, 5) is 20.3. The molecule has 0 aliphatic heterocycles. The maximum atomic E-state index is 5.20. The molecule has 0 radical (unpaired) electrons. The van der Waals surface area contributed by atoms with Crippen LogP contribution in [-0.4, -0.2) is 24.5 Å². The molecule has 0 saturated heterocycles. The van der Waals surface area contributed by atoms with E-state index in [9.17, 15) is 0 Å². The van der Waals surface area contributed by atoms with Gasteiger partial charge in [-0.15, -0.1) is 11.3 Å². The first-order valence-electron chi connectivity index (χ1n) is 17.2. The monoisotopic (exact) mass is 683 g/mol. The third-order valence-corrected chi connectivity index (χ3v) is 10.6. The molecule has 10 rings (SSSR count). The molecule has 0 N–H and O–H groups in total. The minimum Gasteiger partial charge on any atom is -0.309 e. The van der Waals surface area contributed by atoms with Crippen LogP contribution in [0.2, 0.25) is 0 Å². The van der Waals surface area contributed by atoms with Gasteiger partial charge in [0.15, 0.2) is 17.5 Å². The Balaban J connectivity index is 1.24. The summed E-state index contributed by atoms with van der Waals surface area (Å²) >= 11 is 1.70. The number of hydrogen-bond acceptors (Lipinski definition) is 5. The van der Waals surface area contributed by atoms with Crippen molar-refractivity contribution in [3.05, 3.63) is 176 Å². The molecule has 3 aromatic heterocycles. The second-order valence-corrected chi connectivity index (χ2v) is 13.7. The van der Waals surface area contributed by atoms with Crippen molar-refractivity contribution in [2.45, 2.75) is 0 Å². The van der Waals surface area contributed by atoms with E-state index in [4.69, 9.17) is 19.9 Å². The summed E-state index contributed by atoms with van der Waals surface area (Å²) in [6, 6.07) is 61.1. The Morgan fingerprint density at radius 3 is 1.63 bits per heavy atom. The smallest absolute Gasteiger partial charge is 0.164 e. The van der Waals surface area contributed by atoms with Gasteiger partial charge in [-0.05, 0) is 53.6 Å². The van der Waals surface area contributed by atoms with Crippen molar-refractivity contribution in [2.75, 3.05) is 0 Å². The number of benzene rings is 7. The Morgan fingerprint density at radius 1 is 0.385 bits per heavy atom. The Bertz CT molecular complexity index is 2810. The lowest BCUT2D eigenvalue weighted by Crippen LogP contribution is -2.02. The molecular weight excluding hydrogens is 655 g/mol. The lowest BCUT2D eigenvalue weighted by atomic mass is 10.0. The van der Waals surface area contributed by atoms with Crippen molar-refractivity contribution in [3.63, 3.8) is 0 Å². The molecular formula is C46H29N5S. The van der Waals surface area contributed by atoms with E-state index < -0.39 is 0 Å². The number of thiazole rings is 1. The molecule has 10 aromatic rings. The molecule has 0 unspecified atom stereocenters. The van der Waals surface area contributed by atoms with Crippen molar-refractivity contribution in [1.29, 1.82) is 0 Å². The van der Waals surface area contributed by atoms with Gasteiger partial charge in [0.25, 0.3) is 0 Å². The van der Waals surface area contributed by atoms with Gasteiger partial charge < -0.3 is 4.57 Å². The fourth-order valence-corrected chi connectivity index (χ4v) is 8.00. The lowest BCUT2D eigenvalue weighted by Gasteiger charge is -2.15. The summed E-state index contributed by atoms with van der Waals surface area (Å²) < 4.78 is 3.53. The molecule has 5 nitrogen and oxygen atoms in total. The van der Waals surface area contributed by atoms with Crippen molar-refractivity contribution in [1.82, 2.24) is 24.5 Å². The van der Waals surface area contributed by atoms with Crippen molar-refractivity contribution in [3.8, 4) is 61.5 Å². The van der Waals surface area contributed by atoms with E-state index in [2.05, 4.69) is 114 Å². The SMILES string of the molecule is c1ccc(-c2ccc3c4ccccc4n(-c4ccc(-c5nc(-c6ccccc6)nc(-c6ccccc6)n5)cc4-c4nc5ccccc5s4)c3c2)cc1. The van der Waals surface area contributed by atoms with E-state index in [0.717, 1.165) is 54.2 Å². The molecule has 7 aromatic carbocycles. The van der Waals surface area contributed by atoms with Crippen LogP contribution in [0.25, 0.3) is 93.6 Å². The van der Waals surface area contributed by atoms with E-state index >= 15 is 0 Å². The second-order valence-electron chi connectivity index (χ2n) is 12.7. The first-order valence-corrected chi connectivity index (χ1v) is 18.0. The van der Waals surface area contributed by atoms with Gasteiger partial charge in [0, 0.05) is 33.0 Å². The Labute approximate surface area is 304 Å². The molecule has 0 amide bonds. The Morgan fingerprint density at radius 2 is 0.942 bits per heavy atom. The van der Waals surface area contributed by atoms with Crippen LogP contribution >= 0.6 is 11.3 Å². The zero-order chi connectivity index (χ0) is 34.4. The molecule has 0 aliphatic rings. The first kappa shape index (κ1) is 30.1. The summed E-state index contributed by atoms with van der Waals surface area (Å²) in [5, 5.41) is 3.34. The fraction of sp³-hybridized carbons (Fsp3) is 0. The van der Waals surface area contributed by atoms with Gasteiger partial charge in [0.1, 0.15) is 5.01 Å². The van der Waals surface area contributed by atoms with E-state index in [1.807, 2.05) is 66.7 Å². The highest BCUT2D eigenvalue weighted by Crippen LogP contribution is 2.41. The third-order valence-electron chi connectivity index (χ3n) is 9.50. The minimum absolute atomic E-state index is 0.607. The minimum atomic E-state index is 0.607. The summed E-state index contributed by atoms with van der Waals surface area (Å²) in [5.41, 5.74) is 10.4. The number of rotatable bonds is 6. The van der Waals surface area contributed by atoms with Crippen molar-refractivity contribution < 1.29 is 0 Å². The van der Waals surface area contributed by atoms with Crippen LogP contribution in [-0.2, 0) is 0 Å². The molecule has 0 aliphatic carbocycles. The Hall–Kier alpha value is -6.76. The van der Waals surface area contributed by atoms with Crippen molar-refractivity contribution >= 4 is 43.4 Å². The first-order chi connectivity index (χ1) is 25.8. The molecule has 0 spiro atoms. The van der Waals surface area contributed by atoms with Gasteiger partial charge in [-0.1, -0.05) is 133 Å². The summed E-state index contributed by atoms with van der Waals surface area (Å²) in [6.45, 7) is 0. The predicted octanol–water partition coefficient (Wildman–Crippen LogP) is 11.9. The number of fused-ring (bicyclic) bond motifs is 4. The quantitative estimate of drug-likeness (QED) is 0.175. The third kappa shape index (κ3) is 5.25. The molecule has 52 heavy (non-hydrogen) atoms. The maximum Gasteiger partial charge on any atom is 0.164 e. The van der Waals surface area contributed by atoms with Crippen LogP contribution in [0, 0.1) is 0 Å². The fourth-order valence-electron chi connectivity index (χ4n) is 7.01. The number of nitrogens with zero attached hydrogens (tertiary/aromatic N) is 5. The van der Waals surface area contributed by atoms with Crippen LogP contribution in [0.1, 0.15) is 0 Å². The highest BCUT2D eigenvalue weighted by Gasteiger charge is 2.21. The van der Waals surface area contributed by atoms with E-state index in [1.165, 1.54) is 21.9 Å². The van der Waals surface area contributed by atoms with Gasteiger partial charge in [-0.25, -0.2) is 19.9 Å². The topological polar surface area (TPSA) is 56.5 Å². The zero-order valence-corrected chi connectivity index (χ0v) is 28.7. The van der Waals surface area contributed by atoms with Gasteiger partial charge >= 0.3 is 0 Å². The second kappa shape index (κ2) is 12.5. The highest BCUT2D eigenvalue weighted by molar-refractivity contribution is 7.21. The average molecular weight is 684 g/mol. The van der Waals surface area contributed by atoms with Gasteiger partial charge in [0.2, 0.25) is 0 Å². The molecule has 0 fully saturated rings. The molecule has 6 heteroatoms. The zero-order valence-electron chi connectivity index (χ0n) is 27.9. The molecule has 0 bridgehead atoms. The van der Waals surface area contributed by atoms with Gasteiger partial charge in [-0.2, -0.15) is 0 Å². The average Bonchev–Trinajstić information content (AvgIpc) is 3.81.